The van der Waals surface area contributed by atoms with E-state index in [0.29, 0.717) is 16.9 Å². The molecule has 1 aliphatic heterocycles. The number of carbonyl (C=O) groups excluding carboxylic acids is 1. The molecular weight excluding hydrogens is 450 g/mol. The van der Waals surface area contributed by atoms with E-state index in [0.717, 1.165) is 34.4 Å². The van der Waals surface area contributed by atoms with Crippen LogP contribution >= 0.6 is 15.9 Å². The third-order valence-corrected chi connectivity index (χ3v) is 5.54. The molecule has 156 valence electrons. The van der Waals surface area contributed by atoms with Gasteiger partial charge in [0.1, 0.15) is 17.1 Å². The van der Waals surface area contributed by atoms with Gasteiger partial charge in [-0.3, -0.25) is 4.79 Å². The number of nitrogens with zero attached hydrogens (tertiary/aromatic N) is 2. The van der Waals surface area contributed by atoms with Crippen molar-refractivity contribution in [3.05, 3.63) is 52.2 Å². The van der Waals surface area contributed by atoms with Gasteiger partial charge in [0, 0.05) is 34.6 Å². The van der Waals surface area contributed by atoms with Crippen molar-refractivity contribution >= 4 is 44.7 Å². The summed E-state index contributed by atoms with van der Waals surface area (Å²) in [7, 11) is 3.25. The van der Waals surface area contributed by atoms with Crippen LogP contribution in [-0.2, 0) is 0 Å². The van der Waals surface area contributed by atoms with Gasteiger partial charge in [-0.15, -0.1) is 0 Å². The summed E-state index contributed by atoms with van der Waals surface area (Å²) in [5, 5.41) is 4.91. The molecule has 1 amide bonds. The highest BCUT2D eigenvalue weighted by Gasteiger charge is 2.19. The zero-order valence-electron chi connectivity index (χ0n) is 16.8. The molecule has 0 radical (unpaired) electrons. The molecule has 1 saturated heterocycles. The SMILES string of the molecule is COc1cc(N2CCCC2)c(OC)cc1/C=N/NC(=O)c1cc2cc(Br)ccc2o1. The Bertz CT molecular complexity index is 1100. The van der Waals surface area contributed by atoms with Crippen LogP contribution in [0.15, 0.2) is 50.4 Å². The average molecular weight is 472 g/mol. The van der Waals surface area contributed by atoms with Gasteiger partial charge in [-0.1, -0.05) is 15.9 Å². The second-order valence-electron chi connectivity index (χ2n) is 6.95. The second kappa shape index (κ2) is 8.79. The Labute approximate surface area is 182 Å². The molecule has 3 aromatic rings. The smallest absolute Gasteiger partial charge is 0.307 e. The first-order valence-corrected chi connectivity index (χ1v) is 10.4. The summed E-state index contributed by atoms with van der Waals surface area (Å²) in [6.45, 7) is 1.99. The molecule has 0 spiro atoms. The van der Waals surface area contributed by atoms with Gasteiger partial charge in [0.25, 0.3) is 0 Å². The third-order valence-electron chi connectivity index (χ3n) is 5.05. The highest BCUT2D eigenvalue weighted by atomic mass is 79.9. The number of furan rings is 1. The molecule has 1 aromatic heterocycles. The number of anilines is 1. The monoisotopic (exact) mass is 471 g/mol. The van der Waals surface area contributed by atoms with E-state index < -0.39 is 5.91 Å². The van der Waals surface area contributed by atoms with Crippen molar-refractivity contribution in [2.45, 2.75) is 12.8 Å². The molecule has 1 fully saturated rings. The van der Waals surface area contributed by atoms with E-state index in [2.05, 4.69) is 31.4 Å². The molecule has 0 saturated carbocycles. The number of benzene rings is 2. The zero-order chi connectivity index (χ0) is 21.1. The van der Waals surface area contributed by atoms with E-state index in [9.17, 15) is 4.79 Å². The number of halogens is 1. The van der Waals surface area contributed by atoms with Crippen LogP contribution in [-0.4, -0.2) is 39.4 Å². The van der Waals surface area contributed by atoms with Crippen LogP contribution in [0.25, 0.3) is 11.0 Å². The molecule has 0 aliphatic carbocycles. The van der Waals surface area contributed by atoms with Crippen molar-refractivity contribution in [2.24, 2.45) is 5.10 Å². The highest BCUT2D eigenvalue weighted by Crippen LogP contribution is 2.36. The number of carbonyl (C=O) groups is 1. The van der Waals surface area contributed by atoms with Crippen LogP contribution in [0.3, 0.4) is 0 Å². The fourth-order valence-electron chi connectivity index (χ4n) is 3.55. The quantitative estimate of drug-likeness (QED) is 0.420. The molecule has 30 heavy (non-hydrogen) atoms. The van der Waals surface area contributed by atoms with Crippen molar-refractivity contribution in [3.8, 4) is 11.5 Å². The number of hydrogen-bond acceptors (Lipinski definition) is 6. The van der Waals surface area contributed by atoms with E-state index in [1.165, 1.54) is 19.1 Å². The average Bonchev–Trinajstić information content (AvgIpc) is 3.42. The van der Waals surface area contributed by atoms with Crippen LogP contribution in [0.5, 0.6) is 11.5 Å². The molecule has 0 bridgehead atoms. The van der Waals surface area contributed by atoms with Crippen LogP contribution in [0, 0.1) is 0 Å². The standard InChI is InChI=1S/C22H22BrN3O4/c1-28-19-12-17(26-7-3-4-8-26)20(29-2)11-15(19)13-24-25-22(27)21-10-14-9-16(23)5-6-18(14)30-21/h5-6,9-13H,3-4,7-8H2,1-2H3,(H,25,27)/b24-13+. The summed E-state index contributed by atoms with van der Waals surface area (Å²) in [5.41, 5.74) is 4.84. The molecule has 1 aliphatic rings. The van der Waals surface area contributed by atoms with Crippen LogP contribution in [0.1, 0.15) is 29.0 Å². The molecule has 7 nitrogen and oxygen atoms in total. The minimum absolute atomic E-state index is 0.189. The summed E-state index contributed by atoms with van der Waals surface area (Å²) < 4.78 is 17.6. The van der Waals surface area contributed by atoms with Gasteiger partial charge in [0.15, 0.2) is 5.76 Å². The minimum Gasteiger partial charge on any atom is -0.496 e. The van der Waals surface area contributed by atoms with Crippen LogP contribution < -0.4 is 19.8 Å². The van der Waals surface area contributed by atoms with Crippen molar-refractivity contribution in [1.82, 2.24) is 5.43 Å². The molecule has 8 heteroatoms. The predicted molar refractivity (Wildman–Crippen MR) is 120 cm³/mol. The maximum atomic E-state index is 12.4. The van der Waals surface area contributed by atoms with Crippen molar-refractivity contribution in [2.75, 3.05) is 32.2 Å². The fourth-order valence-corrected chi connectivity index (χ4v) is 3.93. The maximum absolute atomic E-state index is 12.4. The van der Waals surface area contributed by atoms with Gasteiger partial charge in [-0.25, -0.2) is 5.43 Å². The van der Waals surface area contributed by atoms with E-state index >= 15 is 0 Å². The van der Waals surface area contributed by atoms with E-state index in [4.69, 9.17) is 13.9 Å². The number of nitrogens with one attached hydrogen (secondary N) is 1. The number of amides is 1. The third kappa shape index (κ3) is 4.14. The Hall–Kier alpha value is -3.00. The Morgan fingerprint density at radius 1 is 1.13 bits per heavy atom. The Morgan fingerprint density at radius 2 is 1.90 bits per heavy atom. The summed E-state index contributed by atoms with van der Waals surface area (Å²) in [6.07, 6.45) is 3.87. The Kier molecular flexibility index (Phi) is 5.94. The number of hydrogen-bond donors (Lipinski definition) is 1. The normalized spacial score (nSPS) is 13.9. The summed E-state index contributed by atoms with van der Waals surface area (Å²) in [5.74, 6) is 1.16. The van der Waals surface area contributed by atoms with Crippen molar-refractivity contribution < 1.29 is 18.7 Å². The molecule has 2 heterocycles. The van der Waals surface area contributed by atoms with E-state index in [1.54, 1.807) is 26.4 Å². The number of fused-ring (bicyclic) bond motifs is 1. The summed E-state index contributed by atoms with van der Waals surface area (Å²) in [6, 6.07) is 11.0. The Morgan fingerprint density at radius 3 is 2.63 bits per heavy atom. The lowest BCUT2D eigenvalue weighted by Gasteiger charge is -2.22. The minimum atomic E-state index is -0.432. The van der Waals surface area contributed by atoms with Gasteiger partial charge in [-0.05, 0) is 43.2 Å². The fraction of sp³-hybridized carbons (Fsp3) is 0.273. The summed E-state index contributed by atoms with van der Waals surface area (Å²) >= 11 is 3.41. The van der Waals surface area contributed by atoms with E-state index in [-0.39, 0.29) is 5.76 Å². The molecule has 0 atom stereocenters. The lowest BCUT2D eigenvalue weighted by atomic mass is 10.1. The van der Waals surface area contributed by atoms with E-state index in [1.807, 2.05) is 24.3 Å². The molecule has 0 unspecified atom stereocenters. The number of methoxy groups -OCH3 is 2. The predicted octanol–water partition coefficient (Wildman–Crippen LogP) is 4.58. The Balaban J connectivity index is 1.52. The first kappa shape index (κ1) is 20.3. The lowest BCUT2D eigenvalue weighted by Crippen LogP contribution is -2.19. The first-order valence-electron chi connectivity index (χ1n) is 9.62. The number of hydrazone groups is 1. The molecule has 1 N–H and O–H groups in total. The van der Waals surface area contributed by atoms with Crippen LogP contribution in [0.2, 0.25) is 0 Å². The second-order valence-corrected chi connectivity index (χ2v) is 7.87. The maximum Gasteiger partial charge on any atom is 0.307 e. The largest absolute Gasteiger partial charge is 0.496 e. The summed E-state index contributed by atoms with van der Waals surface area (Å²) in [4.78, 5) is 14.7. The highest BCUT2D eigenvalue weighted by molar-refractivity contribution is 9.10. The van der Waals surface area contributed by atoms with Gasteiger partial charge < -0.3 is 18.8 Å². The topological polar surface area (TPSA) is 76.3 Å². The molecule has 2 aromatic carbocycles. The zero-order valence-corrected chi connectivity index (χ0v) is 18.4. The number of rotatable bonds is 6. The van der Waals surface area contributed by atoms with Crippen molar-refractivity contribution in [3.63, 3.8) is 0 Å². The van der Waals surface area contributed by atoms with Gasteiger partial charge >= 0.3 is 5.91 Å². The number of ether oxygens (including phenoxy) is 2. The molecule has 4 rings (SSSR count). The molecular formula is C22H22BrN3O4. The first-order chi connectivity index (χ1) is 14.6. The van der Waals surface area contributed by atoms with Gasteiger partial charge in [-0.2, -0.15) is 5.10 Å². The van der Waals surface area contributed by atoms with Crippen molar-refractivity contribution in [1.29, 1.82) is 0 Å². The van der Waals surface area contributed by atoms with Crippen LogP contribution in [0.4, 0.5) is 5.69 Å². The van der Waals surface area contributed by atoms with Gasteiger partial charge in [0.05, 0.1) is 26.1 Å². The van der Waals surface area contributed by atoms with Gasteiger partial charge in [0.2, 0.25) is 0 Å². The lowest BCUT2D eigenvalue weighted by molar-refractivity contribution is 0.0929.